The van der Waals surface area contributed by atoms with E-state index in [-0.39, 0.29) is 11.9 Å². The van der Waals surface area contributed by atoms with Crippen LogP contribution in [0.5, 0.6) is 0 Å². The molecule has 2 rings (SSSR count). The lowest BCUT2D eigenvalue weighted by Crippen LogP contribution is -2.45. The second kappa shape index (κ2) is 10.4. The second-order valence-corrected chi connectivity index (χ2v) is 7.51. The zero-order valence-corrected chi connectivity index (χ0v) is 17.5. The highest BCUT2D eigenvalue weighted by molar-refractivity contribution is 9.10. The summed E-state index contributed by atoms with van der Waals surface area (Å²) in [5, 5.41) is 9.67. The Morgan fingerprint density at radius 1 is 1.42 bits per heavy atom. The van der Waals surface area contributed by atoms with Crippen LogP contribution in [0.2, 0.25) is 0 Å². The van der Waals surface area contributed by atoms with Crippen molar-refractivity contribution in [1.29, 1.82) is 0 Å². The van der Waals surface area contributed by atoms with Crippen molar-refractivity contribution in [3.05, 3.63) is 28.7 Å². The summed E-state index contributed by atoms with van der Waals surface area (Å²) in [6.45, 7) is 6.59. The number of carbonyl (C=O) groups excluding carboxylic acids is 1. The average molecular weight is 424 g/mol. The van der Waals surface area contributed by atoms with Crippen molar-refractivity contribution in [3.63, 3.8) is 0 Å². The van der Waals surface area contributed by atoms with Crippen molar-refractivity contribution >= 4 is 33.5 Å². The minimum absolute atomic E-state index is 0.0725. The first-order chi connectivity index (χ1) is 12.5. The number of hydrogen-bond acceptors (Lipinski definition) is 3. The molecule has 0 spiro atoms. The van der Waals surface area contributed by atoms with E-state index in [1.165, 1.54) is 5.69 Å². The van der Waals surface area contributed by atoms with Crippen LogP contribution in [0.1, 0.15) is 33.1 Å². The summed E-state index contributed by atoms with van der Waals surface area (Å²) in [5.74, 6) is 0.823. The summed E-state index contributed by atoms with van der Waals surface area (Å²) in [4.78, 5) is 18.5. The fourth-order valence-corrected chi connectivity index (χ4v) is 3.47. The normalized spacial score (nSPS) is 18.5. The summed E-state index contributed by atoms with van der Waals surface area (Å²) in [6, 6.07) is 8.86. The Hall–Kier alpha value is -1.76. The Bertz CT molecular complexity index is 622. The van der Waals surface area contributed by atoms with Crippen LogP contribution in [0, 0.1) is 0 Å². The highest BCUT2D eigenvalue weighted by atomic mass is 79.9. The van der Waals surface area contributed by atoms with E-state index < -0.39 is 0 Å². The summed E-state index contributed by atoms with van der Waals surface area (Å²) in [5.41, 5.74) is 1.22. The van der Waals surface area contributed by atoms with Gasteiger partial charge < -0.3 is 20.9 Å². The van der Waals surface area contributed by atoms with Crippen LogP contribution in [0.4, 0.5) is 5.69 Å². The fourth-order valence-electron chi connectivity index (χ4n) is 2.94. The molecule has 0 bridgehead atoms. The van der Waals surface area contributed by atoms with Crippen molar-refractivity contribution in [2.75, 3.05) is 31.6 Å². The Morgan fingerprint density at radius 3 is 2.88 bits per heavy atom. The summed E-state index contributed by atoms with van der Waals surface area (Å²) < 4.78 is 1.12. The molecule has 1 fully saturated rings. The maximum absolute atomic E-state index is 11.8. The SMILES string of the molecule is CCC(C)NC(=O)CCNC(=NC)NC1CCN(c2ccccc2Br)C1. The van der Waals surface area contributed by atoms with E-state index in [1.807, 2.05) is 13.0 Å². The number of benzene rings is 1. The number of aliphatic imine (C=N–C) groups is 1. The highest BCUT2D eigenvalue weighted by Crippen LogP contribution is 2.28. The minimum atomic E-state index is 0.0725. The highest BCUT2D eigenvalue weighted by Gasteiger charge is 2.24. The second-order valence-electron chi connectivity index (χ2n) is 6.65. The molecule has 144 valence electrons. The largest absolute Gasteiger partial charge is 0.368 e. The van der Waals surface area contributed by atoms with Gasteiger partial charge in [0.05, 0.1) is 5.69 Å². The van der Waals surface area contributed by atoms with Gasteiger partial charge in [0, 0.05) is 49.7 Å². The monoisotopic (exact) mass is 423 g/mol. The zero-order chi connectivity index (χ0) is 18.9. The predicted octanol–water partition coefficient (Wildman–Crippen LogP) is 2.50. The first-order valence-corrected chi connectivity index (χ1v) is 10.1. The number of carbonyl (C=O) groups is 1. The van der Waals surface area contributed by atoms with Crippen molar-refractivity contribution in [1.82, 2.24) is 16.0 Å². The van der Waals surface area contributed by atoms with Gasteiger partial charge in [-0.15, -0.1) is 0 Å². The van der Waals surface area contributed by atoms with E-state index in [0.717, 1.165) is 36.4 Å². The Morgan fingerprint density at radius 2 is 2.19 bits per heavy atom. The van der Waals surface area contributed by atoms with Gasteiger partial charge in [0.2, 0.25) is 5.91 Å². The third-order valence-corrected chi connectivity index (χ3v) is 5.28. The van der Waals surface area contributed by atoms with Gasteiger partial charge in [-0.25, -0.2) is 0 Å². The van der Waals surface area contributed by atoms with Crippen molar-refractivity contribution in [2.45, 2.75) is 45.2 Å². The first-order valence-electron chi connectivity index (χ1n) is 9.29. The molecule has 1 aliphatic rings. The fraction of sp³-hybridized carbons (Fsp3) is 0.579. The third-order valence-electron chi connectivity index (χ3n) is 4.61. The van der Waals surface area contributed by atoms with Gasteiger partial charge in [-0.05, 0) is 47.8 Å². The molecule has 3 N–H and O–H groups in total. The Labute approximate surface area is 165 Å². The van der Waals surface area contributed by atoms with Gasteiger partial charge in [0.15, 0.2) is 5.96 Å². The van der Waals surface area contributed by atoms with Gasteiger partial charge in [-0.3, -0.25) is 9.79 Å². The molecular weight excluding hydrogens is 394 g/mol. The number of hydrogen-bond donors (Lipinski definition) is 3. The number of guanidine groups is 1. The minimum Gasteiger partial charge on any atom is -0.368 e. The lowest BCUT2D eigenvalue weighted by Gasteiger charge is -2.21. The third kappa shape index (κ3) is 6.20. The summed E-state index contributed by atoms with van der Waals surface area (Å²) >= 11 is 3.62. The van der Waals surface area contributed by atoms with Crippen molar-refractivity contribution in [3.8, 4) is 0 Å². The molecule has 26 heavy (non-hydrogen) atoms. The van der Waals surface area contributed by atoms with Gasteiger partial charge in [0.1, 0.15) is 0 Å². The number of nitrogens with zero attached hydrogens (tertiary/aromatic N) is 2. The number of anilines is 1. The lowest BCUT2D eigenvalue weighted by atomic mass is 10.2. The topological polar surface area (TPSA) is 68.8 Å². The molecule has 1 aromatic rings. The molecule has 7 heteroatoms. The maximum Gasteiger partial charge on any atom is 0.221 e. The van der Waals surface area contributed by atoms with Gasteiger partial charge in [-0.1, -0.05) is 19.1 Å². The Kier molecular flexibility index (Phi) is 8.22. The summed E-state index contributed by atoms with van der Waals surface area (Å²) in [6.07, 6.45) is 2.44. The molecule has 1 aliphatic heterocycles. The van der Waals surface area contributed by atoms with Crippen LogP contribution in [0.15, 0.2) is 33.7 Å². The molecule has 1 aromatic carbocycles. The smallest absolute Gasteiger partial charge is 0.221 e. The van der Waals surface area contributed by atoms with Crippen molar-refractivity contribution < 1.29 is 4.79 Å². The molecule has 2 atom stereocenters. The predicted molar refractivity (Wildman–Crippen MR) is 112 cm³/mol. The van der Waals surface area contributed by atoms with E-state index >= 15 is 0 Å². The zero-order valence-electron chi connectivity index (χ0n) is 15.9. The summed E-state index contributed by atoms with van der Waals surface area (Å²) in [7, 11) is 1.76. The van der Waals surface area contributed by atoms with Crippen LogP contribution >= 0.6 is 15.9 Å². The molecule has 1 heterocycles. The van der Waals surface area contributed by atoms with Crippen LogP contribution in [-0.2, 0) is 4.79 Å². The number of halogens is 1. The van der Waals surface area contributed by atoms with E-state index in [9.17, 15) is 4.79 Å². The van der Waals surface area contributed by atoms with Gasteiger partial charge >= 0.3 is 0 Å². The molecule has 0 saturated carbocycles. The molecule has 1 amide bonds. The molecule has 0 aromatic heterocycles. The first kappa shape index (κ1) is 20.6. The van der Waals surface area contributed by atoms with E-state index in [2.05, 4.69) is 66.9 Å². The number of nitrogens with one attached hydrogen (secondary N) is 3. The molecular formula is C19H30BrN5O. The standard InChI is InChI=1S/C19H30BrN5O/c1-4-14(2)23-18(26)9-11-22-19(21-3)24-15-10-12-25(13-15)17-8-6-5-7-16(17)20/h5-8,14-15H,4,9-13H2,1-3H3,(H,23,26)(H2,21,22,24). The quantitative estimate of drug-likeness (QED) is 0.465. The van der Waals surface area contributed by atoms with E-state index in [4.69, 9.17) is 0 Å². The molecule has 0 aliphatic carbocycles. The molecule has 6 nitrogen and oxygen atoms in total. The maximum atomic E-state index is 11.8. The van der Waals surface area contributed by atoms with Crippen molar-refractivity contribution in [2.24, 2.45) is 4.99 Å². The molecule has 1 saturated heterocycles. The van der Waals surface area contributed by atoms with Crippen LogP contribution in [0.3, 0.4) is 0 Å². The molecule has 0 radical (unpaired) electrons. The number of rotatable bonds is 7. The average Bonchev–Trinajstić information content (AvgIpc) is 3.09. The number of para-hydroxylation sites is 1. The van der Waals surface area contributed by atoms with Gasteiger partial charge in [-0.2, -0.15) is 0 Å². The van der Waals surface area contributed by atoms with Gasteiger partial charge in [0.25, 0.3) is 0 Å². The Balaban J connectivity index is 1.75. The van der Waals surface area contributed by atoms with Crippen LogP contribution in [0.25, 0.3) is 0 Å². The van der Waals surface area contributed by atoms with Crippen LogP contribution < -0.4 is 20.9 Å². The van der Waals surface area contributed by atoms with Crippen LogP contribution in [-0.4, -0.2) is 50.6 Å². The number of amides is 1. The van der Waals surface area contributed by atoms with E-state index in [1.54, 1.807) is 7.05 Å². The molecule has 2 unspecified atom stereocenters. The lowest BCUT2D eigenvalue weighted by molar-refractivity contribution is -0.121. The van der Waals surface area contributed by atoms with E-state index in [0.29, 0.717) is 19.0 Å².